The number of benzene rings is 2. The molecular weight excluding hydrogens is 370 g/mol. The minimum atomic E-state index is -0.382. The fourth-order valence-corrected chi connectivity index (χ4v) is 3.03. The predicted molar refractivity (Wildman–Crippen MR) is 94.7 cm³/mol. The molecule has 1 amide bonds. The molecular formula is C19H18BrNO3. The van der Waals surface area contributed by atoms with Crippen LogP contribution in [0, 0.1) is 0 Å². The number of esters is 1. The number of amides is 1. The van der Waals surface area contributed by atoms with Crippen molar-refractivity contribution in [2.45, 2.75) is 24.8 Å². The third-order valence-electron chi connectivity index (χ3n) is 4.41. The summed E-state index contributed by atoms with van der Waals surface area (Å²) in [4.78, 5) is 24.0. The van der Waals surface area contributed by atoms with Gasteiger partial charge in [-0.3, -0.25) is 4.79 Å². The van der Waals surface area contributed by atoms with Gasteiger partial charge in [0.15, 0.2) is 0 Å². The molecule has 1 aliphatic rings. The first kappa shape index (κ1) is 16.7. The third-order valence-corrected chi connectivity index (χ3v) is 4.94. The summed E-state index contributed by atoms with van der Waals surface area (Å²) < 4.78 is 5.68. The van der Waals surface area contributed by atoms with Crippen molar-refractivity contribution in [2.75, 3.05) is 7.11 Å². The van der Waals surface area contributed by atoms with Crippen LogP contribution in [-0.4, -0.2) is 19.0 Å². The zero-order chi connectivity index (χ0) is 17.2. The quantitative estimate of drug-likeness (QED) is 0.797. The van der Waals surface area contributed by atoms with Crippen molar-refractivity contribution in [1.82, 2.24) is 5.32 Å². The van der Waals surface area contributed by atoms with Gasteiger partial charge in [0.05, 0.1) is 18.1 Å². The van der Waals surface area contributed by atoms with Gasteiger partial charge in [-0.2, -0.15) is 0 Å². The van der Waals surface area contributed by atoms with Gasteiger partial charge < -0.3 is 10.1 Å². The highest BCUT2D eigenvalue weighted by atomic mass is 79.9. The highest BCUT2D eigenvalue weighted by Gasteiger charge is 2.50. The molecule has 0 bridgehead atoms. The van der Waals surface area contributed by atoms with Crippen LogP contribution in [0.1, 0.15) is 34.3 Å². The summed E-state index contributed by atoms with van der Waals surface area (Å²) in [5, 5.41) is 3.01. The maximum absolute atomic E-state index is 12.6. The molecule has 2 aromatic rings. The van der Waals surface area contributed by atoms with Crippen LogP contribution in [0.4, 0.5) is 0 Å². The maximum atomic E-state index is 12.6. The Bertz CT molecular complexity index is 749. The van der Waals surface area contributed by atoms with Gasteiger partial charge in [-0.15, -0.1) is 0 Å². The lowest BCUT2D eigenvalue weighted by Gasteiger charge is -2.16. The molecule has 2 aromatic carbocycles. The molecule has 4 nitrogen and oxygen atoms in total. The fourth-order valence-electron chi connectivity index (χ4n) is 2.77. The van der Waals surface area contributed by atoms with Gasteiger partial charge in [-0.1, -0.05) is 40.2 Å². The van der Waals surface area contributed by atoms with E-state index in [1.165, 1.54) is 7.11 Å². The molecule has 0 radical (unpaired) electrons. The normalized spacial score (nSPS) is 14.8. The van der Waals surface area contributed by atoms with E-state index in [4.69, 9.17) is 0 Å². The van der Waals surface area contributed by atoms with E-state index in [0.717, 1.165) is 28.4 Å². The Labute approximate surface area is 149 Å². The Morgan fingerprint density at radius 3 is 2.25 bits per heavy atom. The van der Waals surface area contributed by atoms with Crippen molar-refractivity contribution >= 4 is 27.8 Å². The first-order valence-electron chi connectivity index (χ1n) is 7.77. The number of hydrogen-bond acceptors (Lipinski definition) is 3. The Balaban J connectivity index is 1.63. The van der Waals surface area contributed by atoms with Gasteiger partial charge in [-0.05, 0) is 48.2 Å². The standard InChI is InChI=1S/C19H18BrNO3/c1-24-17(22)14-4-2-13(3-5-14)12-21-18(23)19(10-11-19)15-6-8-16(20)9-7-15/h2-9H,10-12H2,1H3,(H,21,23). The van der Waals surface area contributed by atoms with Gasteiger partial charge in [0.2, 0.25) is 5.91 Å². The number of methoxy groups -OCH3 is 1. The number of rotatable bonds is 5. The van der Waals surface area contributed by atoms with Gasteiger partial charge in [0.1, 0.15) is 0 Å². The minimum Gasteiger partial charge on any atom is -0.465 e. The Kier molecular flexibility index (Phi) is 4.71. The first-order chi connectivity index (χ1) is 11.5. The van der Waals surface area contributed by atoms with Gasteiger partial charge in [-0.25, -0.2) is 4.79 Å². The van der Waals surface area contributed by atoms with E-state index in [1.54, 1.807) is 12.1 Å². The van der Waals surface area contributed by atoms with Crippen molar-refractivity contribution in [1.29, 1.82) is 0 Å². The fraction of sp³-hybridized carbons (Fsp3) is 0.263. The second-order valence-electron chi connectivity index (χ2n) is 5.96. The van der Waals surface area contributed by atoms with Crippen LogP contribution in [0.15, 0.2) is 53.0 Å². The van der Waals surface area contributed by atoms with Gasteiger partial charge >= 0.3 is 5.97 Å². The maximum Gasteiger partial charge on any atom is 0.337 e. The van der Waals surface area contributed by atoms with Crippen molar-refractivity contribution in [3.05, 3.63) is 69.7 Å². The minimum absolute atomic E-state index is 0.0573. The number of hydrogen-bond donors (Lipinski definition) is 1. The Morgan fingerprint density at radius 2 is 1.71 bits per heavy atom. The zero-order valence-electron chi connectivity index (χ0n) is 13.3. The molecule has 0 spiro atoms. The second kappa shape index (κ2) is 6.77. The van der Waals surface area contributed by atoms with Crippen molar-refractivity contribution in [3.63, 3.8) is 0 Å². The van der Waals surface area contributed by atoms with E-state index < -0.39 is 0 Å². The van der Waals surface area contributed by atoms with Crippen LogP contribution < -0.4 is 5.32 Å². The summed E-state index contributed by atoms with van der Waals surface area (Å²) in [6.45, 7) is 0.443. The number of nitrogens with one attached hydrogen (secondary N) is 1. The molecule has 1 saturated carbocycles. The smallest absolute Gasteiger partial charge is 0.337 e. The summed E-state index contributed by atoms with van der Waals surface area (Å²) in [6.07, 6.45) is 1.75. The number of ether oxygens (including phenoxy) is 1. The van der Waals surface area contributed by atoms with Crippen LogP contribution >= 0.6 is 15.9 Å². The number of carbonyl (C=O) groups excluding carboxylic acids is 2. The Morgan fingerprint density at radius 1 is 1.08 bits per heavy atom. The summed E-state index contributed by atoms with van der Waals surface area (Å²) in [5.41, 5.74) is 2.13. The molecule has 1 N–H and O–H groups in total. The molecule has 0 unspecified atom stereocenters. The number of carbonyl (C=O) groups is 2. The SMILES string of the molecule is COC(=O)c1ccc(CNC(=O)C2(c3ccc(Br)cc3)CC2)cc1. The van der Waals surface area contributed by atoms with Gasteiger partial charge in [0, 0.05) is 11.0 Å². The van der Waals surface area contributed by atoms with Crippen LogP contribution in [0.2, 0.25) is 0 Å². The van der Waals surface area contributed by atoms with Crippen LogP contribution in [0.25, 0.3) is 0 Å². The lowest BCUT2D eigenvalue weighted by Crippen LogP contribution is -2.34. The molecule has 24 heavy (non-hydrogen) atoms. The highest BCUT2D eigenvalue weighted by molar-refractivity contribution is 9.10. The highest BCUT2D eigenvalue weighted by Crippen LogP contribution is 2.48. The summed E-state index contributed by atoms with van der Waals surface area (Å²) in [7, 11) is 1.35. The monoisotopic (exact) mass is 387 g/mol. The lowest BCUT2D eigenvalue weighted by molar-refractivity contribution is -0.123. The van der Waals surface area contributed by atoms with E-state index in [2.05, 4.69) is 26.0 Å². The zero-order valence-corrected chi connectivity index (χ0v) is 14.9. The molecule has 0 heterocycles. The van der Waals surface area contributed by atoms with E-state index in [1.807, 2.05) is 36.4 Å². The van der Waals surface area contributed by atoms with Crippen molar-refractivity contribution in [2.24, 2.45) is 0 Å². The van der Waals surface area contributed by atoms with Crippen LogP contribution in [-0.2, 0) is 21.5 Å². The second-order valence-corrected chi connectivity index (χ2v) is 6.88. The Hall–Kier alpha value is -2.14. The first-order valence-corrected chi connectivity index (χ1v) is 8.56. The average molecular weight is 388 g/mol. The van der Waals surface area contributed by atoms with Crippen molar-refractivity contribution < 1.29 is 14.3 Å². The molecule has 1 fully saturated rings. The summed E-state index contributed by atoms with van der Waals surface area (Å²) in [6, 6.07) is 15.0. The molecule has 124 valence electrons. The van der Waals surface area contributed by atoms with E-state index >= 15 is 0 Å². The molecule has 5 heteroatoms. The van der Waals surface area contributed by atoms with Gasteiger partial charge in [0.25, 0.3) is 0 Å². The largest absolute Gasteiger partial charge is 0.465 e. The summed E-state index contributed by atoms with van der Waals surface area (Å²) >= 11 is 3.42. The molecule has 3 rings (SSSR count). The molecule has 0 aliphatic heterocycles. The van der Waals surface area contributed by atoms with E-state index in [-0.39, 0.29) is 17.3 Å². The van der Waals surface area contributed by atoms with E-state index in [9.17, 15) is 9.59 Å². The predicted octanol–water partition coefficient (Wildman–Crippen LogP) is 3.58. The molecule has 0 saturated heterocycles. The number of halogens is 1. The molecule has 0 atom stereocenters. The lowest BCUT2D eigenvalue weighted by atomic mass is 9.95. The van der Waals surface area contributed by atoms with E-state index in [0.29, 0.717) is 12.1 Å². The summed E-state index contributed by atoms with van der Waals surface area (Å²) in [5.74, 6) is -0.306. The molecule has 0 aromatic heterocycles. The molecule has 1 aliphatic carbocycles. The van der Waals surface area contributed by atoms with Crippen molar-refractivity contribution in [3.8, 4) is 0 Å². The topological polar surface area (TPSA) is 55.4 Å². The average Bonchev–Trinajstić information content (AvgIpc) is 3.42. The van der Waals surface area contributed by atoms with Crippen LogP contribution in [0.5, 0.6) is 0 Å². The van der Waals surface area contributed by atoms with Crippen LogP contribution in [0.3, 0.4) is 0 Å². The third kappa shape index (κ3) is 3.36.